The summed E-state index contributed by atoms with van der Waals surface area (Å²) in [5.74, 6) is -0.233. The molecule has 0 radical (unpaired) electrons. The molecule has 5 rings (SSSR count). The number of ether oxygens (including phenoxy) is 1. The molecule has 2 saturated heterocycles. The molecule has 8 nitrogen and oxygen atoms in total. The number of carbonyl (C=O) groups is 3. The Morgan fingerprint density at radius 1 is 1.14 bits per heavy atom. The molecule has 1 N–H and O–H groups in total. The average molecular weight is 491 g/mol. The van der Waals surface area contributed by atoms with Gasteiger partial charge in [-0.25, -0.2) is 0 Å². The number of para-hydroxylation sites is 1. The molecule has 3 amide bonds. The van der Waals surface area contributed by atoms with Gasteiger partial charge in [0, 0.05) is 45.6 Å². The highest BCUT2D eigenvalue weighted by molar-refractivity contribution is 6.10. The van der Waals surface area contributed by atoms with Crippen molar-refractivity contribution >= 4 is 23.4 Å². The maximum absolute atomic E-state index is 13.3. The van der Waals surface area contributed by atoms with Crippen LogP contribution in [0.2, 0.25) is 0 Å². The summed E-state index contributed by atoms with van der Waals surface area (Å²) in [7, 11) is 0. The van der Waals surface area contributed by atoms with Crippen molar-refractivity contribution in [1.29, 1.82) is 0 Å². The normalized spacial score (nSPS) is 24.0. The SMILES string of the molecule is CC1CN(Cc2cccc(CNC(=O)CCN3C(=O)c4ccccc4N4C(=O)CCC34C)c2)CCO1. The second kappa shape index (κ2) is 10.0. The van der Waals surface area contributed by atoms with Gasteiger partial charge in [-0.1, -0.05) is 36.4 Å². The Bertz CT molecular complexity index is 1170. The lowest BCUT2D eigenvalue weighted by molar-refractivity contribution is -0.121. The van der Waals surface area contributed by atoms with E-state index in [9.17, 15) is 14.4 Å². The summed E-state index contributed by atoms with van der Waals surface area (Å²) in [6, 6.07) is 15.5. The van der Waals surface area contributed by atoms with E-state index < -0.39 is 5.66 Å². The molecule has 8 heteroatoms. The van der Waals surface area contributed by atoms with Crippen LogP contribution in [-0.4, -0.2) is 65.5 Å². The number of benzene rings is 2. The fourth-order valence-corrected chi connectivity index (χ4v) is 5.67. The molecule has 0 spiro atoms. The molecule has 2 fully saturated rings. The van der Waals surface area contributed by atoms with Crippen molar-refractivity contribution in [2.45, 2.75) is 58.0 Å². The smallest absolute Gasteiger partial charge is 0.257 e. The van der Waals surface area contributed by atoms with E-state index in [1.54, 1.807) is 21.9 Å². The number of hydrogen-bond donors (Lipinski definition) is 1. The van der Waals surface area contributed by atoms with Crippen molar-refractivity contribution in [3.63, 3.8) is 0 Å². The lowest BCUT2D eigenvalue weighted by Crippen LogP contribution is -2.62. The number of nitrogens with one attached hydrogen (secondary N) is 1. The first kappa shape index (κ1) is 24.5. The van der Waals surface area contributed by atoms with E-state index in [1.807, 2.05) is 31.2 Å². The monoisotopic (exact) mass is 490 g/mol. The van der Waals surface area contributed by atoms with Gasteiger partial charge in [-0.15, -0.1) is 0 Å². The van der Waals surface area contributed by atoms with Crippen LogP contribution in [0.3, 0.4) is 0 Å². The fourth-order valence-electron chi connectivity index (χ4n) is 5.67. The van der Waals surface area contributed by atoms with Gasteiger partial charge in [-0.2, -0.15) is 0 Å². The quantitative estimate of drug-likeness (QED) is 0.646. The Kier molecular flexibility index (Phi) is 6.81. The number of rotatable bonds is 7. The van der Waals surface area contributed by atoms with Crippen molar-refractivity contribution in [1.82, 2.24) is 15.1 Å². The van der Waals surface area contributed by atoms with Crippen molar-refractivity contribution in [2.75, 3.05) is 31.1 Å². The molecule has 0 saturated carbocycles. The zero-order chi connectivity index (χ0) is 25.3. The Morgan fingerprint density at radius 3 is 2.78 bits per heavy atom. The van der Waals surface area contributed by atoms with Crippen LogP contribution >= 0.6 is 0 Å². The molecule has 190 valence electrons. The zero-order valence-electron chi connectivity index (χ0n) is 21.0. The minimum atomic E-state index is -0.742. The predicted molar refractivity (Wildman–Crippen MR) is 136 cm³/mol. The fraction of sp³-hybridized carbons (Fsp3) is 0.464. The van der Waals surface area contributed by atoms with E-state index in [4.69, 9.17) is 4.74 Å². The Balaban J connectivity index is 1.19. The first-order valence-electron chi connectivity index (χ1n) is 12.8. The van der Waals surface area contributed by atoms with E-state index >= 15 is 0 Å². The van der Waals surface area contributed by atoms with Gasteiger partial charge in [0.15, 0.2) is 0 Å². The number of fused-ring (bicyclic) bond motifs is 3. The lowest BCUT2D eigenvalue weighted by atomic mass is 9.98. The van der Waals surface area contributed by atoms with Crippen LogP contribution in [0, 0.1) is 0 Å². The first-order chi connectivity index (χ1) is 17.3. The van der Waals surface area contributed by atoms with Crippen molar-refractivity contribution in [2.24, 2.45) is 0 Å². The van der Waals surface area contributed by atoms with Gasteiger partial charge in [0.25, 0.3) is 5.91 Å². The van der Waals surface area contributed by atoms with Gasteiger partial charge in [0.1, 0.15) is 5.66 Å². The largest absolute Gasteiger partial charge is 0.376 e. The van der Waals surface area contributed by atoms with Crippen LogP contribution in [0.25, 0.3) is 0 Å². The maximum atomic E-state index is 13.3. The van der Waals surface area contributed by atoms with Gasteiger partial charge >= 0.3 is 0 Å². The summed E-state index contributed by atoms with van der Waals surface area (Å²) in [6.07, 6.45) is 1.37. The molecule has 2 unspecified atom stereocenters. The average Bonchev–Trinajstić information content (AvgIpc) is 3.18. The summed E-state index contributed by atoms with van der Waals surface area (Å²) in [6.45, 7) is 8.17. The summed E-state index contributed by atoms with van der Waals surface area (Å²) < 4.78 is 5.63. The highest BCUT2D eigenvalue weighted by Crippen LogP contribution is 2.43. The molecule has 3 heterocycles. The van der Waals surface area contributed by atoms with Crippen LogP contribution in [0.5, 0.6) is 0 Å². The van der Waals surface area contributed by atoms with Crippen LogP contribution < -0.4 is 10.2 Å². The number of morpholine rings is 1. The number of nitrogens with zero attached hydrogens (tertiary/aromatic N) is 3. The maximum Gasteiger partial charge on any atom is 0.257 e. The molecular weight excluding hydrogens is 456 g/mol. The highest BCUT2D eigenvalue weighted by atomic mass is 16.5. The molecule has 2 aromatic rings. The molecule has 3 aliphatic rings. The molecule has 3 aliphatic heterocycles. The zero-order valence-corrected chi connectivity index (χ0v) is 21.0. The second-order valence-electron chi connectivity index (χ2n) is 10.2. The highest BCUT2D eigenvalue weighted by Gasteiger charge is 2.52. The van der Waals surface area contributed by atoms with Crippen LogP contribution in [-0.2, 0) is 27.4 Å². The topological polar surface area (TPSA) is 82.2 Å². The third-order valence-electron chi connectivity index (χ3n) is 7.52. The van der Waals surface area contributed by atoms with Crippen molar-refractivity contribution < 1.29 is 19.1 Å². The molecule has 0 aliphatic carbocycles. The summed E-state index contributed by atoms with van der Waals surface area (Å²) in [4.78, 5) is 44.6. The molecule has 2 aromatic carbocycles. The minimum absolute atomic E-state index is 0.0123. The number of carbonyl (C=O) groups excluding carboxylic acids is 3. The Hall–Kier alpha value is -3.23. The molecule has 0 bridgehead atoms. The first-order valence-corrected chi connectivity index (χ1v) is 12.8. The molecule has 0 aromatic heterocycles. The summed E-state index contributed by atoms with van der Waals surface area (Å²) >= 11 is 0. The van der Waals surface area contributed by atoms with Gasteiger partial charge in [-0.3, -0.25) is 24.2 Å². The molecule has 2 atom stereocenters. The number of amides is 3. The van der Waals surface area contributed by atoms with Crippen molar-refractivity contribution in [3.05, 3.63) is 65.2 Å². The van der Waals surface area contributed by atoms with E-state index in [1.165, 1.54) is 5.56 Å². The summed E-state index contributed by atoms with van der Waals surface area (Å²) in [5, 5.41) is 3.00. The van der Waals surface area contributed by atoms with E-state index in [0.717, 1.165) is 31.8 Å². The number of hydrogen-bond acceptors (Lipinski definition) is 5. The second-order valence-corrected chi connectivity index (χ2v) is 10.2. The third-order valence-corrected chi connectivity index (χ3v) is 7.52. The summed E-state index contributed by atoms with van der Waals surface area (Å²) in [5.41, 5.74) is 2.70. The minimum Gasteiger partial charge on any atom is -0.376 e. The van der Waals surface area contributed by atoms with Gasteiger partial charge in [0.05, 0.1) is 24.0 Å². The molecule has 36 heavy (non-hydrogen) atoms. The Morgan fingerprint density at radius 2 is 1.94 bits per heavy atom. The van der Waals surface area contributed by atoms with E-state index in [-0.39, 0.29) is 36.8 Å². The predicted octanol–water partition coefficient (Wildman–Crippen LogP) is 2.91. The van der Waals surface area contributed by atoms with Gasteiger partial charge in [0.2, 0.25) is 11.8 Å². The standard InChI is InChI=1S/C28H34N4O4/c1-20-18-30(14-15-36-20)19-22-7-5-6-21(16-22)17-29-25(33)11-13-31-27(35)23-8-3-4-9-24(23)32-26(34)10-12-28(31,32)2/h3-9,16,20H,10-15,17-19H2,1-2H3,(H,29,33). The van der Waals surface area contributed by atoms with Crippen molar-refractivity contribution in [3.8, 4) is 0 Å². The van der Waals surface area contributed by atoms with Crippen LogP contribution in [0.4, 0.5) is 5.69 Å². The third kappa shape index (κ3) is 4.75. The number of anilines is 1. The van der Waals surface area contributed by atoms with Gasteiger partial charge in [-0.05, 0) is 43.5 Å². The van der Waals surface area contributed by atoms with E-state index in [2.05, 4.69) is 29.3 Å². The van der Waals surface area contributed by atoms with Gasteiger partial charge < -0.3 is 15.0 Å². The van der Waals surface area contributed by atoms with Crippen LogP contribution in [0.15, 0.2) is 48.5 Å². The van der Waals surface area contributed by atoms with E-state index in [0.29, 0.717) is 30.6 Å². The molecular formula is C28H34N4O4. The van der Waals surface area contributed by atoms with Crippen LogP contribution in [0.1, 0.15) is 54.6 Å². The Labute approximate surface area is 212 Å². The lowest BCUT2D eigenvalue weighted by Gasteiger charge is -2.48.